The van der Waals surface area contributed by atoms with Crippen molar-refractivity contribution in [2.45, 2.75) is 6.17 Å². The highest BCUT2D eigenvalue weighted by molar-refractivity contribution is 7.22. The van der Waals surface area contributed by atoms with Crippen molar-refractivity contribution in [3.63, 3.8) is 0 Å². The molecule has 0 amide bonds. The second-order valence-electron chi connectivity index (χ2n) is 16.6. The summed E-state index contributed by atoms with van der Waals surface area (Å²) in [7, 11) is -3.17. The summed E-state index contributed by atoms with van der Waals surface area (Å²) in [4.78, 5) is 12.2. The van der Waals surface area contributed by atoms with Crippen LogP contribution in [0.1, 0.15) is 17.3 Å². The van der Waals surface area contributed by atoms with Gasteiger partial charge in [-0.2, -0.15) is 0 Å². The number of hydrogen-bond acceptors (Lipinski definition) is 3. The zero-order valence-corrected chi connectivity index (χ0v) is 35.6. The quantitative estimate of drug-likeness (QED) is 0.124. The first kappa shape index (κ1) is 36.5. The van der Waals surface area contributed by atoms with Crippen LogP contribution >= 0.6 is 0 Å². The molecule has 13 rings (SSSR count). The summed E-state index contributed by atoms with van der Waals surface area (Å²) < 4.78 is 22.0. The summed E-state index contributed by atoms with van der Waals surface area (Å²) in [5.74, 6) is 0.775. The number of rotatable bonds is 6. The van der Waals surface area contributed by atoms with Crippen molar-refractivity contribution < 1.29 is 4.39 Å². The lowest BCUT2D eigenvalue weighted by molar-refractivity contribution is 0.402. The molecule has 5 heterocycles. The maximum Gasteiger partial charge on any atom is 0.186 e. The average molecular weight is 840 g/mol. The molecule has 64 heavy (non-hydrogen) atoms. The monoisotopic (exact) mass is 839 g/mol. The molecule has 0 bridgehead atoms. The molecule has 0 saturated carbocycles. The molecule has 1 atom stereocenters. The third-order valence-electron chi connectivity index (χ3n) is 13.4. The number of alkyl halides is 1. The maximum absolute atomic E-state index is 17.5. The fourth-order valence-corrected chi connectivity index (χ4v) is 16.0. The molecule has 1 unspecified atom stereocenters. The predicted molar refractivity (Wildman–Crippen MR) is 264 cm³/mol. The van der Waals surface area contributed by atoms with Gasteiger partial charge in [0.25, 0.3) is 0 Å². The normalized spacial score (nSPS) is 13.7. The van der Waals surface area contributed by atoms with E-state index in [1.165, 1.54) is 26.4 Å². The number of para-hydroxylation sites is 3. The van der Waals surface area contributed by atoms with Crippen LogP contribution in [0.25, 0.3) is 54.9 Å². The van der Waals surface area contributed by atoms with Crippen molar-refractivity contribution in [2.24, 2.45) is 0 Å². The summed E-state index contributed by atoms with van der Waals surface area (Å²) in [6.45, 7) is 0. The fourth-order valence-electron chi connectivity index (χ4n) is 10.7. The fraction of sp³-hybridized carbons (Fsp3) is 0.0175. The number of fused-ring (bicyclic) bond motifs is 12. The van der Waals surface area contributed by atoms with Crippen molar-refractivity contribution >= 4 is 95.0 Å². The first-order chi connectivity index (χ1) is 31.7. The van der Waals surface area contributed by atoms with Crippen LogP contribution in [-0.2, 0) is 0 Å². The molecule has 4 aromatic heterocycles. The highest BCUT2D eigenvalue weighted by Crippen LogP contribution is 2.44. The first-order valence-corrected chi connectivity index (χ1v) is 23.7. The van der Waals surface area contributed by atoms with Gasteiger partial charge in [-0.1, -0.05) is 152 Å². The van der Waals surface area contributed by atoms with Crippen LogP contribution in [0.15, 0.2) is 225 Å². The molecule has 0 N–H and O–H groups in total. The van der Waals surface area contributed by atoms with E-state index in [-0.39, 0.29) is 0 Å². The third kappa shape index (κ3) is 5.16. The zero-order chi connectivity index (χ0) is 42.4. The number of hydrogen-bond donors (Lipinski definition) is 0. The first-order valence-electron chi connectivity index (χ1n) is 21.7. The van der Waals surface area contributed by atoms with Crippen LogP contribution in [0.2, 0.25) is 0 Å². The smallest absolute Gasteiger partial charge is 0.186 e. The lowest BCUT2D eigenvalue weighted by atomic mass is 9.97. The highest BCUT2D eigenvalue weighted by atomic mass is 28.3. The molecular weight excluding hydrogens is 802 g/mol. The summed E-state index contributed by atoms with van der Waals surface area (Å²) in [5.41, 5.74) is 8.39. The van der Waals surface area contributed by atoms with Gasteiger partial charge in [0.1, 0.15) is 11.5 Å². The van der Waals surface area contributed by atoms with Crippen molar-refractivity contribution in [3.05, 3.63) is 236 Å². The van der Waals surface area contributed by atoms with E-state index in [0.717, 1.165) is 66.3 Å². The van der Waals surface area contributed by atoms with Crippen molar-refractivity contribution in [3.8, 4) is 5.82 Å². The van der Waals surface area contributed by atoms with Gasteiger partial charge in [-0.15, -0.1) is 0 Å². The van der Waals surface area contributed by atoms with Gasteiger partial charge in [0.15, 0.2) is 14.2 Å². The van der Waals surface area contributed by atoms with Gasteiger partial charge < -0.3 is 4.90 Å². The van der Waals surface area contributed by atoms with Gasteiger partial charge in [-0.25, -0.2) is 14.4 Å². The highest BCUT2D eigenvalue weighted by Gasteiger charge is 2.50. The number of nitrogens with zero attached hydrogens (tertiary/aromatic N) is 5. The summed E-state index contributed by atoms with van der Waals surface area (Å²) in [6.07, 6.45) is 4.24. The molecule has 0 radical (unpaired) electrons. The molecule has 0 saturated heterocycles. The van der Waals surface area contributed by atoms with Gasteiger partial charge in [0.2, 0.25) is 0 Å². The summed E-state index contributed by atoms with van der Waals surface area (Å²) >= 11 is 0. The van der Waals surface area contributed by atoms with E-state index in [9.17, 15) is 0 Å². The van der Waals surface area contributed by atoms with Gasteiger partial charge in [0, 0.05) is 62.4 Å². The Morgan fingerprint density at radius 1 is 0.469 bits per heavy atom. The standard InChI is InChI=1S/C57H38FN5Si/c58-54(38-27-29-43-44-22-10-11-23-48(44)61-35-34-60-57(61)47(43)36-38)39-28-30-45-46-31-32-50-56(55(46)63(51(45)37-39)53-26-14-15-33-59-53)64(41-18-6-2-7-19-41,42-20-8-3-9-21-42)52-25-13-12-24-49(52)62(50)40-16-4-1-5-17-40/h1-37,54H. The minimum atomic E-state index is -3.17. The molecule has 302 valence electrons. The average Bonchev–Trinajstić information content (AvgIpc) is 4.00. The number of aromatic nitrogens is 4. The third-order valence-corrected chi connectivity index (χ3v) is 18.2. The Labute approximate surface area is 369 Å². The van der Waals surface area contributed by atoms with Crippen LogP contribution in [0.3, 0.4) is 0 Å². The van der Waals surface area contributed by atoms with E-state index in [4.69, 9.17) is 9.97 Å². The molecule has 0 fully saturated rings. The number of imidazole rings is 1. The number of halogens is 1. The Hall–Kier alpha value is -8.13. The van der Waals surface area contributed by atoms with Crippen LogP contribution < -0.4 is 25.6 Å². The van der Waals surface area contributed by atoms with Crippen LogP contribution in [-0.4, -0.2) is 27.0 Å². The van der Waals surface area contributed by atoms with Gasteiger partial charge in [-0.3, -0.25) is 8.97 Å². The molecule has 1 aliphatic rings. The number of benzene rings is 8. The van der Waals surface area contributed by atoms with Crippen molar-refractivity contribution in [1.82, 2.24) is 18.9 Å². The Bertz CT molecular complexity index is 3720. The Morgan fingerprint density at radius 2 is 1.11 bits per heavy atom. The SMILES string of the molecule is FC(c1ccc2c3ccccc3n3ccnc3c2c1)c1ccc2c3ccc4c(c3n(-c3ccccn3)c2c1)[Si](c1ccccc1)(c1ccccc1)c1ccccc1N4c1ccccc1. The molecule has 7 heteroatoms. The molecule has 1 aliphatic heterocycles. The number of pyridine rings is 2. The van der Waals surface area contributed by atoms with Crippen LogP contribution in [0.5, 0.6) is 0 Å². The Morgan fingerprint density at radius 3 is 1.88 bits per heavy atom. The lowest BCUT2D eigenvalue weighted by Gasteiger charge is -2.45. The topological polar surface area (TPSA) is 38.4 Å². The largest absolute Gasteiger partial charge is 0.311 e. The van der Waals surface area contributed by atoms with E-state index in [2.05, 4.69) is 178 Å². The van der Waals surface area contributed by atoms with Crippen molar-refractivity contribution in [2.75, 3.05) is 4.90 Å². The van der Waals surface area contributed by atoms with Crippen LogP contribution in [0.4, 0.5) is 21.5 Å². The molecule has 0 spiro atoms. The second kappa shape index (κ2) is 14.2. The van der Waals surface area contributed by atoms with Gasteiger partial charge >= 0.3 is 0 Å². The minimum Gasteiger partial charge on any atom is -0.311 e. The zero-order valence-electron chi connectivity index (χ0n) is 34.6. The van der Waals surface area contributed by atoms with E-state index in [1.807, 2.05) is 61.1 Å². The Kier molecular flexibility index (Phi) is 8.10. The predicted octanol–water partition coefficient (Wildman–Crippen LogP) is 11.4. The van der Waals surface area contributed by atoms with Gasteiger partial charge in [0.05, 0.1) is 16.6 Å². The molecule has 12 aromatic rings. The summed E-state index contributed by atoms with van der Waals surface area (Å²) in [6, 6.07) is 72.9. The summed E-state index contributed by atoms with van der Waals surface area (Å²) in [5, 5.41) is 10.3. The molecule has 5 nitrogen and oxygen atoms in total. The van der Waals surface area contributed by atoms with E-state index >= 15 is 4.39 Å². The van der Waals surface area contributed by atoms with Gasteiger partial charge in [-0.05, 0) is 86.7 Å². The number of anilines is 3. The van der Waals surface area contributed by atoms with E-state index in [1.54, 1.807) is 0 Å². The van der Waals surface area contributed by atoms with Crippen molar-refractivity contribution in [1.29, 1.82) is 0 Å². The lowest BCUT2D eigenvalue weighted by Crippen LogP contribution is -2.77. The molecule has 8 aromatic carbocycles. The Balaban J connectivity index is 1.13. The minimum absolute atomic E-state index is 0.576. The van der Waals surface area contributed by atoms with E-state index in [0.29, 0.717) is 11.1 Å². The van der Waals surface area contributed by atoms with Crippen LogP contribution in [0, 0.1) is 0 Å². The molecular formula is C57H38FN5Si. The second-order valence-corrected chi connectivity index (χ2v) is 20.3. The molecule has 0 aliphatic carbocycles. The maximum atomic E-state index is 17.5. The van der Waals surface area contributed by atoms with E-state index < -0.39 is 14.2 Å².